The lowest BCUT2D eigenvalue weighted by Gasteiger charge is -2.10. The molecule has 1 aromatic heterocycles. The minimum Gasteiger partial charge on any atom is -0.497 e. The number of fused-ring (bicyclic) bond motifs is 1. The first-order valence-electron chi connectivity index (χ1n) is 5.32. The van der Waals surface area contributed by atoms with Crippen LogP contribution in [0.2, 0.25) is 0 Å². The first kappa shape index (κ1) is 10.9. The largest absolute Gasteiger partial charge is 0.497 e. The van der Waals surface area contributed by atoms with Crippen LogP contribution in [0, 0.1) is 6.92 Å². The number of hydrogen-bond acceptors (Lipinski definition) is 3. The Morgan fingerprint density at radius 1 is 1.31 bits per heavy atom. The van der Waals surface area contributed by atoms with E-state index in [2.05, 4.69) is 11.9 Å². The molecule has 2 N–H and O–H groups in total. The van der Waals surface area contributed by atoms with E-state index in [1.165, 1.54) is 5.56 Å². The molecule has 2 aromatic rings. The Hall–Kier alpha value is -1.61. The van der Waals surface area contributed by atoms with Crippen molar-refractivity contribution in [2.45, 2.75) is 19.9 Å². The Labute approximate surface area is 95.2 Å². The van der Waals surface area contributed by atoms with Gasteiger partial charge >= 0.3 is 0 Å². The normalized spacial score (nSPS) is 12.8. The van der Waals surface area contributed by atoms with Crippen molar-refractivity contribution in [3.63, 3.8) is 0 Å². The van der Waals surface area contributed by atoms with Crippen LogP contribution in [0.25, 0.3) is 10.9 Å². The second-order valence-corrected chi connectivity index (χ2v) is 4.04. The summed E-state index contributed by atoms with van der Waals surface area (Å²) < 4.78 is 5.20. The molecule has 0 saturated heterocycles. The zero-order valence-electron chi connectivity index (χ0n) is 9.82. The summed E-state index contributed by atoms with van der Waals surface area (Å²) in [4.78, 5) is 4.53. The third kappa shape index (κ3) is 1.86. The van der Waals surface area contributed by atoms with Crippen LogP contribution in [0.3, 0.4) is 0 Å². The number of rotatable bonds is 2. The van der Waals surface area contributed by atoms with Crippen molar-refractivity contribution in [3.8, 4) is 5.75 Å². The lowest BCUT2D eigenvalue weighted by atomic mass is 10.1. The minimum atomic E-state index is -0.0369. The fraction of sp³-hybridized carbons (Fsp3) is 0.308. The van der Waals surface area contributed by atoms with Crippen molar-refractivity contribution >= 4 is 10.9 Å². The fourth-order valence-electron chi connectivity index (χ4n) is 1.76. The van der Waals surface area contributed by atoms with E-state index in [1.54, 1.807) is 7.11 Å². The van der Waals surface area contributed by atoms with Crippen molar-refractivity contribution in [2.24, 2.45) is 5.73 Å². The summed E-state index contributed by atoms with van der Waals surface area (Å²) in [6, 6.07) is 7.88. The molecule has 1 aromatic carbocycles. The fourth-order valence-corrected chi connectivity index (χ4v) is 1.76. The van der Waals surface area contributed by atoms with Crippen molar-refractivity contribution < 1.29 is 4.74 Å². The molecule has 3 heteroatoms. The van der Waals surface area contributed by atoms with Gasteiger partial charge in [0.1, 0.15) is 5.75 Å². The predicted octanol–water partition coefficient (Wildman–Crippen LogP) is 2.57. The number of ether oxygens (including phenoxy) is 1. The first-order valence-corrected chi connectivity index (χ1v) is 5.32. The molecule has 0 fully saturated rings. The van der Waals surface area contributed by atoms with E-state index >= 15 is 0 Å². The maximum atomic E-state index is 5.84. The average molecular weight is 216 g/mol. The molecular formula is C13H16N2O. The van der Waals surface area contributed by atoms with Gasteiger partial charge in [-0.1, -0.05) is 0 Å². The Bertz CT molecular complexity index is 521. The third-order valence-electron chi connectivity index (χ3n) is 2.71. The molecule has 0 bridgehead atoms. The second kappa shape index (κ2) is 4.10. The summed E-state index contributed by atoms with van der Waals surface area (Å²) in [6.07, 6.45) is 0. The molecule has 0 spiro atoms. The van der Waals surface area contributed by atoms with Crippen molar-refractivity contribution in [1.29, 1.82) is 0 Å². The highest BCUT2D eigenvalue weighted by Gasteiger charge is 2.06. The van der Waals surface area contributed by atoms with Gasteiger partial charge in [0.05, 0.1) is 18.3 Å². The zero-order chi connectivity index (χ0) is 11.7. The van der Waals surface area contributed by atoms with E-state index in [4.69, 9.17) is 10.5 Å². The molecule has 1 unspecified atom stereocenters. The van der Waals surface area contributed by atoms with Gasteiger partial charge in [0, 0.05) is 11.4 Å². The number of benzene rings is 1. The van der Waals surface area contributed by atoms with Crippen LogP contribution in [-0.4, -0.2) is 12.1 Å². The van der Waals surface area contributed by atoms with Gasteiger partial charge in [-0.15, -0.1) is 0 Å². The number of hydrogen-bond donors (Lipinski definition) is 1. The summed E-state index contributed by atoms with van der Waals surface area (Å²) in [7, 11) is 1.67. The molecule has 3 nitrogen and oxygen atoms in total. The second-order valence-electron chi connectivity index (χ2n) is 4.04. The van der Waals surface area contributed by atoms with Gasteiger partial charge in [-0.2, -0.15) is 0 Å². The molecule has 1 heterocycles. The topological polar surface area (TPSA) is 48.1 Å². The number of aryl methyl sites for hydroxylation is 1. The van der Waals surface area contributed by atoms with Gasteiger partial charge in [0.2, 0.25) is 0 Å². The van der Waals surface area contributed by atoms with Crippen LogP contribution in [0.15, 0.2) is 24.3 Å². The van der Waals surface area contributed by atoms with Crippen molar-refractivity contribution in [2.75, 3.05) is 7.11 Å². The zero-order valence-corrected chi connectivity index (χ0v) is 9.82. The summed E-state index contributed by atoms with van der Waals surface area (Å²) in [6.45, 7) is 4.01. The standard InChI is InChI=1S/C13H16N2O/c1-8-6-13(9(2)14)15-12-5-4-10(16-3)7-11(8)12/h4-7,9H,14H2,1-3H3. The lowest BCUT2D eigenvalue weighted by molar-refractivity contribution is 0.415. The quantitative estimate of drug-likeness (QED) is 0.839. The van der Waals surface area contributed by atoms with Crippen LogP contribution in [0.5, 0.6) is 5.75 Å². The molecule has 0 radical (unpaired) electrons. The van der Waals surface area contributed by atoms with Gasteiger partial charge < -0.3 is 10.5 Å². The summed E-state index contributed by atoms with van der Waals surface area (Å²) in [5.41, 5.74) is 8.91. The molecule has 0 aliphatic rings. The van der Waals surface area contributed by atoms with E-state index in [9.17, 15) is 0 Å². The Morgan fingerprint density at radius 2 is 2.06 bits per heavy atom. The SMILES string of the molecule is COc1ccc2nc(C(C)N)cc(C)c2c1. The summed E-state index contributed by atoms with van der Waals surface area (Å²) in [5.74, 6) is 0.853. The van der Waals surface area contributed by atoms with E-state index in [-0.39, 0.29) is 6.04 Å². The Morgan fingerprint density at radius 3 is 2.69 bits per heavy atom. The number of aromatic nitrogens is 1. The number of nitrogens with zero attached hydrogens (tertiary/aromatic N) is 1. The molecule has 0 aliphatic heterocycles. The average Bonchev–Trinajstić information content (AvgIpc) is 2.28. The summed E-state index contributed by atoms with van der Waals surface area (Å²) >= 11 is 0. The van der Waals surface area contributed by atoms with Gasteiger partial charge in [-0.3, -0.25) is 4.98 Å². The first-order chi connectivity index (χ1) is 7.61. The summed E-state index contributed by atoms with van der Waals surface area (Å²) in [5, 5.41) is 1.11. The smallest absolute Gasteiger partial charge is 0.119 e. The van der Waals surface area contributed by atoms with E-state index in [0.29, 0.717) is 0 Å². The minimum absolute atomic E-state index is 0.0369. The molecular weight excluding hydrogens is 200 g/mol. The highest BCUT2D eigenvalue weighted by Crippen LogP contribution is 2.24. The molecule has 2 rings (SSSR count). The monoisotopic (exact) mass is 216 g/mol. The van der Waals surface area contributed by atoms with Crippen LogP contribution < -0.4 is 10.5 Å². The molecule has 84 valence electrons. The maximum Gasteiger partial charge on any atom is 0.119 e. The van der Waals surface area contributed by atoms with Crippen LogP contribution in [0.1, 0.15) is 24.2 Å². The van der Waals surface area contributed by atoms with Gasteiger partial charge in [-0.25, -0.2) is 0 Å². The number of pyridine rings is 1. The molecule has 1 atom stereocenters. The highest BCUT2D eigenvalue weighted by molar-refractivity contribution is 5.83. The third-order valence-corrected chi connectivity index (χ3v) is 2.71. The van der Waals surface area contributed by atoms with E-state index in [0.717, 1.165) is 22.3 Å². The number of methoxy groups -OCH3 is 1. The van der Waals surface area contributed by atoms with Crippen molar-refractivity contribution in [1.82, 2.24) is 4.98 Å². The van der Waals surface area contributed by atoms with Crippen LogP contribution in [-0.2, 0) is 0 Å². The number of nitrogens with two attached hydrogens (primary N) is 1. The predicted molar refractivity (Wildman–Crippen MR) is 65.6 cm³/mol. The van der Waals surface area contributed by atoms with Gasteiger partial charge in [0.15, 0.2) is 0 Å². The van der Waals surface area contributed by atoms with E-state index in [1.807, 2.05) is 31.2 Å². The van der Waals surface area contributed by atoms with E-state index < -0.39 is 0 Å². The van der Waals surface area contributed by atoms with Gasteiger partial charge in [0.25, 0.3) is 0 Å². The molecule has 16 heavy (non-hydrogen) atoms. The molecule has 0 amide bonds. The Balaban J connectivity index is 2.66. The lowest BCUT2D eigenvalue weighted by Crippen LogP contribution is -2.07. The van der Waals surface area contributed by atoms with Crippen LogP contribution >= 0.6 is 0 Å². The van der Waals surface area contributed by atoms with Crippen LogP contribution in [0.4, 0.5) is 0 Å². The molecule has 0 aliphatic carbocycles. The molecule has 0 saturated carbocycles. The maximum absolute atomic E-state index is 5.84. The van der Waals surface area contributed by atoms with Crippen molar-refractivity contribution in [3.05, 3.63) is 35.5 Å². The highest BCUT2D eigenvalue weighted by atomic mass is 16.5. The van der Waals surface area contributed by atoms with Gasteiger partial charge in [-0.05, 0) is 43.7 Å². The Kier molecular flexibility index (Phi) is 2.79.